The summed E-state index contributed by atoms with van der Waals surface area (Å²) in [4.78, 5) is 27.1. The van der Waals surface area contributed by atoms with E-state index in [0.717, 1.165) is 53.0 Å². The molecule has 7 nitrogen and oxygen atoms in total. The first-order valence-electron chi connectivity index (χ1n) is 12.3. The van der Waals surface area contributed by atoms with Gasteiger partial charge in [0, 0.05) is 47.8 Å². The molecule has 2 saturated heterocycles. The van der Waals surface area contributed by atoms with Crippen molar-refractivity contribution in [3.05, 3.63) is 51.9 Å². The van der Waals surface area contributed by atoms with Gasteiger partial charge in [-0.05, 0) is 56.7 Å². The predicted molar refractivity (Wildman–Crippen MR) is 136 cm³/mol. The molecule has 0 saturated carbocycles. The molecule has 182 valence electrons. The third kappa shape index (κ3) is 4.48. The maximum atomic E-state index is 13.9. The maximum Gasteiger partial charge on any atom is 0.231 e. The summed E-state index contributed by atoms with van der Waals surface area (Å²) in [5.41, 5.74) is 2.95. The van der Waals surface area contributed by atoms with Gasteiger partial charge in [-0.3, -0.25) is 4.79 Å². The molecule has 2 N–H and O–H groups in total. The number of rotatable bonds is 4. The molecule has 2 aliphatic heterocycles. The lowest BCUT2D eigenvalue weighted by Gasteiger charge is -2.39. The van der Waals surface area contributed by atoms with Crippen LogP contribution in [-0.2, 0) is 4.79 Å². The van der Waals surface area contributed by atoms with E-state index in [1.807, 2.05) is 17.0 Å². The molecule has 2 aromatic rings. The lowest BCUT2D eigenvalue weighted by molar-refractivity contribution is -0.133. The molecular weight excluding hydrogens is 494 g/mol. The Morgan fingerprint density at radius 2 is 1.88 bits per heavy atom. The summed E-state index contributed by atoms with van der Waals surface area (Å²) >= 11 is 3.53. The summed E-state index contributed by atoms with van der Waals surface area (Å²) in [6, 6.07) is 8.34. The average Bonchev–Trinajstić information content (AvgIpc) is 3.33. The number of carbonyl (C=O) groups excluding carboxylic acids is 1. The Bertz CT molecular complexity index is 1050. The summed E-state index contributed by atoms with van der Waals surface area (Å²) < 4.78 is 1.02. The summed E-state index contributed by atoms with van der Waals surface area (Å²) in [7, 11) is 0. The molecule has 3 heterocycles. The fourth-order valence-corrected chi connectivity index (χ4v) is 6.18. The highest BCUT2D eigenvalue weighted by Gasteiger charge is 2.41. The number of anilines is 1. The van der Waals surface area contributed by atoms with E-state index in [2.05, 4.69) is 69.0 Å². The molecule has 1 aromatic heterocycles. The number of piperazine rings is 1. The number of aromatic nitrogens is 2. The SMILES string of the molecule is C[C@@H]1C[C@@H](O)c2ncnc(N3CCN(C(=O)[C@@H](c4ccc(Br)cc4)[C@@H]4CCC(C)(C)N4)CC3)c21. The van der Waals surface area contributed by atoms with E-state index in [0.29, 0.717) is 19.5 Å². The number of hydrogen-bond donors (Lipinski definition) is 2. The zero-order chi connectivity index (χ0) is 24.0. The summed E-state index contributed by atoms with van der Waals surface area (Å²) in [5.74, 6) is 1.16. The Kier molecular flexibility index (Phi) is 6.42. The number of amides is 1. The summed E-state index contributed by atoms with van der Waals surface area (Å²) in [6.45, 7) is 9.35. The molecule has 0 bridgehead atoms. The Morgan fingerprint density at radius 3 is 2.53 bits per heavy atom. The van der Waals surface area contributed by atoms with Gasteiger partial charge in [-0.15, -0.1) is 0 Å². The number of nitrogens with one attached hydrogen (secondary N) is 1. The van der Waals surface area contributed by atoms with Crippen LogP contribution in [0.25, 0.3) is 0 Å². The van der Waals surface area contributed by atoms with Crippen LogP contribution in [0.2, 0.25) is 0 Å². The van der Waals surface area contributed by atoms with Gasteiger partial charge in [0.25, 0.3) is 0 Å². The van der Waals surface area contributed by atoms with Crippen molar-refractivity contribution in [2.75, 3.05) is 31.1 Å². The lowest BCUT2D eigenvalue weighted by Crippen LogP contribution is -2.53. The molecule has 1 aliphatic carbocycles. The van der Waals surface area contributed by atoms with Crippen LogP contribution < -0.4 is 10.2 Å². The van der Waals surface area contributed by atoms with E-state index in [1.165, 1.54) is 0 Å². The molecule has 5 rings (SSSR count). The van der Waals surface area contributed by atoms with Crippen LogP contribution in [0.1, 0.15) is 74.8 Å². The van der Waals surface area contributed by atoms with E-state index in [4.69, 9.17) is 0 Å². The first-order valence-corrected chi connectivity index (χ1v) is 13.1. The molecule has 0 unspecified atom stereocenters. The number of fused-ring (bicyclic) bond motifs is 1. The smallest absolute Gasteiger partial charge is 0.231 e. The Labute approximate surface area is 210 Å². The second-order valence-corrected chi connectivity index (χ2v) is 11.6. The molecule has 3 aliphatic rings. The number of aliphatic hydroxyl groups excluding tert-OH is 1. The third-order valence-corrected chi connectivity index (χ3v) is 8.25. The van der Waals surface area contributed by atoms with Gasteiger partial charge in [-0.2, -0.15) is 0 Å². The minimum atomic E-state index is -0.510. The Morgan fingerprint density at radius 1 is 1.18 bits per heavy atom. The largest absolute Gasteiger partial charge is 0.387 e. The number of benzene rings is 1. The molecule has 0 spiro atoms. The van der Waals surface area contributed by atoms with Gasteiger partial charge in [-0.1, -0.05) is 35.0 Å². The van der Waals surface area contributed by atoms with Gasteiger partial charge in [-0.25, -0.2) is 9.97 Å². The van der Waals surface area contributed by atoms with Crippen molar-refractivity contribution in [1.29, 1.82) is 0 Å². The number of aliphatic hydroxyl groups is 1. The zero-order valence-corrected chi connectivity index (χ0v) is 21.8. The summed E-state index contributed by atoms with van der Waals surface area (Å²) in [5, 5.41) is 14.1. The maximum absolute atomic E-state index is 13.9. The van der Waals surface area contributed by atoms with Crippen molar-refractivity contribution in [1.82, 2.24) is 20.2 Å². The molecule has 8 heteroatoms. The first kappa shape index (κ1) is 23.7. The monoisotopic (exact) mass is 527 g/mol. The molecular formula is C26H34BrN5O2. The van der Waals surface area contributed by atoms with Crippen LogP contribution in [-0.4, -0.2) is 63.6 Å². The zero-order valence-electron chi connectivity index (χ0n) is 20.2. The fourth-order valence-electron chi connectivity index (χ4n) is 5.92. The van der Waals surface area contributed by atoms with Crippen LogP contribution in [0.15, 0.2) is 35.1 Å². The van der Waals surface area contributed by atoms with Crippen molar-refractivity contribution in [2.45, 2.75) is 69.6 Å². The molecule has 0 radical (unpaired) electrons. The van der Waals surface area contributed by atoms with Crippen molar-refractivity contribution in [2.24, 2.45) is 0 Å². The van der Waals surface area contributed by atoms with Crippen molar-refractivity contribution in [3.8, 4) is 0 Å². The van der Waals surface area contributed by atoms with E-state index in [-0.39, 0.29) is 29.3 Å². The van der Waals surface area contributed by atoms with Crippen LogP contribution >= 0.6 is 15.9 Å². The number of carbonyl (C=O) groups is 1. The van der Waals surface area contributed by atoms with Crippen LogP contribution in [0.5, 0.6) is 0 Å². The Hall–Kier alpha value is -2.03. The van der Waals surface area contributed by atoms with Crippen LogP contribution in [0.3, 0.4) is 0 Å². The molecule has 2 fully saturated rings. The fraction of sp³-hybridized carbons (Fsp3) is 0.577. The van der Waals surface area contributed by atoms with E-state index in [1.54, 1.807) is 6.33 Å². The molecule has 4 atom stereocenters. The molecule has 1 aromatic carbocycles. The highest BCUT2D eigenvalue weighted by molar-refractivity contribution is 9.10. The van der Waals surface area contributed by atoms with Gasteiger partial charge in [0.2, 0.25) is 5.91 Å². The van der Waals surface area contributed by atoms with Crippen molar-refractivity contribution >= 4 is 27.7 Å². The predicted octanol–water partition coefficient (Wildman–Crippen LogP) is 3.74. The normalized spacial score (nSPS) is 27.0. The number of hydrogen-bond acceptors (Lipinski definition) is 6. The highest BCUT2D eigenvalue weighted by atomic mass is 79.9. The molecule has 1 amide bonds. The topological polar surface area (TPSA) is 81.6 Å². The van der Waals surface area contributed by atoms with Crippen molar-refractivity contribution in [3.63, 3.8) is 0 Å². The van der Waals surface area contributed by atoms with Gasteiger partial charge in [0.1, 0.15) is 12.1 Å². The van der Waals surface area contributed by atoms with Crippen molar-refractivity contribution < 1.29 is 9.90 Å². The summed E-state index contributed by atoms with van der Waals surface area (Å²) in [6.07, 6.45) is 3.80. The third-order valence-electron chi connectivity index (χ3n) is 7.72. The Balaban J connectivity index is 1.33. The van der Waals surface area contributed by atoms with Crippen LogP contribution in [0.4, 0.5) is 5.82 Å². The van der Waals surface area contributed by atoms with E-state index >= 15 is 0 Å². The molecule has 34 heavy (non-hydrogen) atoms. The minimum absolute atomic E-state index is 0.0475. The second kappa shape index (κ2) is 9.21. The number of nitrogens with zero attached hydrogens (tertiary/aromatic N) is 4. The second-order valence-electron chi connectivity index (χ2n) is 10.7. The van der Waals surface area contributed by atoms with E-state index < -0.39 is 6.10 Å². The number of halogens is 1. The minimum Gasteiger partial charge on any atom is -0.387 e. The van der Waals surface area contributed by atoms with Gasteiger partial charge >= 0.3 is 0 Å². The first-order chi connectivity index (χ1) is 16.2. The van der Waals surface area contributed by atoms with E-state index in [9.17, 15) is 9.90 Å². The van der Waals surface area contributed by atoms with Crippen LogP contribution in [0, 0.1) is 0 Å². The lowest BCUT2D eigenvalue weighted by atomic mass is 9.89. The van der Waals surface area contributed by atoms with Gasteiger partial charge in [0.15, 0.2) is 0 Å². The highest BCUT2D eigenvalue weighted by Crippen LogP contribution is 2.43. The van der Waals surface area contributed by atoms with Gasteiger partial charge in [0.05, 0.1) is 17.7 Å². The van der Waals surface area contributed by atoms with Gasteiger partial charge < -0.3 is 20.2 Å². The average molecular weight is 528 g/mol. The standard InChI is InChI=1S/C26H34BrN5O2/c1-16-14-20(33)23-21(16)24(29-15-28-23)31-10-12-32(13-11-31)25(34)22(17-4-6-18(27)7-5-17)19-8-9-26(2,3)30-19/h4-7,15-16,19-20,22,30,33H,8-14H2,1-3H3/t16-,19+,20-,22+/m1/s1. The quantitative estimate of drug-likeness (QED) is 0.630.